The third kappa shape index (κ3) is 2.76. The molecule has 0 saturated carbocycles. The molecule has 3 rings (SSSR count). The molecular formula is C19H24N2. The van der Waals surface area contributed by atoms with Gasteiger partial charge in [0.05, 0.1) is 0 Å². The Kier molecular flexibility index (Phi) is 3.62. The van der Waals surface area contributed by atoms with Gasteiger partial charge in [0.25, 0.3) is 0 Å². The second-order valence-electron chi connectivity index (χ2n) is 6.29. The normalized spacial score (nSPS) is 14.1. The van der Waals surface area contributed by atoms with Crippen molar-refractivity contribution in [1.82, 2.24) is 0 Å². The summed E-state index contributed by atoms with van der Waals surface area (Å²) >= 11 is 0. The van der Waals surface area contributed by atoms with E-state index in [9.17, 15) is 0 Å². The molecule has 2 heteroatoms. The maximum Gasteiger partial charge on any atom is 0.0434 e. The number of anilines is 2. The van der Waals surface area contributed by atoms with Crippen LogP contribution >= 0.6 is 0 Å². The molecule has 110 valence electrons. The van der Waals surface area contributed by atoms with E-state index in [1.165, 1.54) is 39.9 Å². The van der Waals surface area contributed by atoms with Crippen molar-refractivity contribution in [2.75, 3.05) is 17.2 Å². The van der Waals surface area contributed by atoms with Gasteiger partial charge in [0.15, 0.2) is 0 Å². The number of hydrogen-bond acceptors (Lipinski definition) is 2. The predicted molar refractivity (Wildman–Crippen MR) is 90.9 cm³/mol. The van der Waals surface area contributed by atoms with Gasteiger partial charge in [-0.05, 0) is 74.1 Å². The summed E-state index contributed by atoms with van der Waals surface area (Å²) in [7, 11) is 0. The van der Waals surface area contributed by atoms with Crippen LogP contribution in [0.15, 0.2) is 30.3 Å². The fraction of sp³-hybridized carbons (Fsp3) is 0.368. The number of nitrogen functional groups attached to an aromatic ring is 1. The summed E-state index contributed by atoms with van der Waals surface area (Å²) in [5, 5.41) is 0. The summed E-state index contributed by atoms with van der Waals surface area (Å²) < 4.78 is 0. The Morgan fingerprint density at radius 2 is 1.76 bits per heavy atom. The minimum absolute atomic E-state index is 0.873. The number of rotatable bonds is 2. The maximum atomic E-state index is 5.93. The van der Waals surface area contributed by atoms with Crippen LogP contribution in [-0.4, -0.2) is 6.54 Å². The van der Waals surface area contributed by atoms with Crippen LogP contribution in [-0.2, 0) is 13.0 Å². The van der Waals surface area contributed by atoms with Crippen LogP contribution in [0.5, 0.6) is 0 Å². The Labute approximate surface area is 127 Å². The van der Waals surface area contributed by atoms with Crippen LogP contribution in [0.4, 0.5) is 11.4 Å². The third-order valence-electron chi connectivity index (χ3n) is 4.51. The van der Waals surface area contributed by atoms with E-state index >= 15 is 0 Å². The molecule has 1 aliphatic rings. The summed E-state index contributed by atoms with van der Waals surface area (Å²) in [4.78, 5) is 2.50. The number of benzene rings is 2. The number of aryl methyl sites for hydroxylation is 4. The van der Waals surface area contributed by atoms with E-state index in [1.54, 1.807) is 0 Å². The van der Waals surface area contributed by atoms with Crippen LogP contribution < -0.4 is 10.6 Å². The van der Waals surface area contributed by atoms with Gasteiger partial charge < -0.3 is 10.6 Å². The van der Waals surface area contributed by atoms with Crippen LogP contribution in [0.2, 0.25) is 0 Å². The zero-order valence-corrected chi connectivity index (χ0v) is 13.2. The molecular weight excluding hydrogens is 256 g/mol. The monoisotopic (exact) mass is 280 g/mol. The van der Waals surface area contributed by atoms with Crippen molar-refractivity contribution in [3.8, 4) is 0 Å². The summed E-state index contributed by atoms with van der Waals surface area (Å²) in [6.45, 7) is 8.74. The fourth-order valence-electron chi connectivity index (χ4n) is 3.51. The average molecular weight is 280 g/mol. The molecule has 0 bridgehead atoms. The van der Waals surface area contributed by atoms with Crippen molar-refractivity contribution >= 4 is 11.4 Å². The van der Waals surface area contributed by atoms with Gasteiger partial charge in [0.2, 0.25) is 0 Å². The zero-order valence-electron chi connectivity index (χ0n) is 13.2. The van der Waals surface area contributed by atoms with Crippen LogP contribution in [0.25, 0.3) is 0 Å². The average Bonchev–Trinajstić information content (AvgIpc) is 2.42. The molecule has 21 heavy (non-hydrogen) atoms. The first kappa shape index (κ1) is 14.0. The molecule has 0 unspecified atom stereocenters. The molecule has 0 spiro atoms. The number of nitrogens with zero attached hydrogens (tertiary/aromatic N) is 1. The quantitative estimate of drug-likeness (QED) is 0.837. The van der Waals surface area contributed by atoms with E-state index in [-0.39, 0.29) is 0 Å². The first-order valence-electron chi connectivity index (χ1n) is 7.74. The van der Waals surface area contributed by atoms with Crippen LogP contribution in [0.1, 0.15) is 34.2 Å². The summed E-state index contributed by atoms with van der Waals surface area (Å²) in [5.74, 6) is 0. The van der Waals surface area contributed by atoms with Gasteiger partial charge in [-0.15, -0.1) is 0 Å². The lowest BCUT2D eigenvalue weighted by Gasteiger charge is -2.32. The molecule has 1 heterocycles. The van der Waals surface area contributed by atoms with Gasteiger partial charge in [-0.25, -0.2) is 0 Å². The maximum absolute atomic E-state index is 5.93. The van der Waals surface area contributed by atoms with E-state index in [0.29, 0.717) is 0 Å². The second kappa shape index (κ2) is 5.44. The summed E-state index contributed by atoms with van der Waals surface area (Å²) in [6.07, 6.45) is 2.35. The van der Waals surface area contributed by atoms with Crippen molar-refractivity contribution in [2.45, 2.75) is 40.2 Å². The van der Waals surface area contributed by atoms with Gasteiger partial charge in [-0.1, -0.05) is 17.7 Å². The van der Waals surface area contributed by atoms with E-state index < -0.39 is 0 Å². The van der Waals surface area contributed by atoms with Gasteiger partial charge in [0.1, 0.15) is 0 Å². The highest BCUT2D eigenvalue weighted by Gasteiger charge is 2.18. The van der Waals surface area contributed by atoms with E-state index in [0.717, 1.165) is 25.2 Å². The minimum Gasteiger partial charge on any atom is -0.399 e. The Morgan fingerprint density at radius 1 is 1.05 bits per heavy atom. The lowest BCUT2D eigenvalue weighted by molar-refractivity contribution is 0.688. The zero-order chi connectivity index (χ0) is 15.0. The topological polar surface area (TPSA) is 29.3 Å². The lowest BCUT2D eigenvalue weighted by Crippen LogP contribution is -2.29. The Hall–Kier alpha value is -1.96. The fourth-order valence-corrected chi connectivity index (χ4v) is 3.51. The highest BCUT2D eigenvalue weighted by molar-refractivity contribution is 5.61. The second-order valence-corrected chi connectivity index (χ2v) is 6.29. The van der Waals surface area contributed by atoms with Gasteiger partial charge >= 0.3 is 0 Å². The molecule has 0 amide bonds. The minimum atomic E-state index is 0.873. The van der Waals surface area contributed by atoms with Crippen molar-refractivity contribution in [3.63, 3.8) is 0 Å². The highest BCUT2D eigenvalue weighted by atomic mass is 15.1. The van der Waals surface area contributed by atoms with Crippen molar-refractivity contribution < 1.29 is 0 Å². The predicted octanol–water partition coefficient (Wildman–Crippen LogP) is 4.15. The van der Waals surface area contributed by atoms with Crippen molar-refractivity contribution in [2.24, 2.45) is 0 Å². The van der Waals surface area contributed by atoms with E-state index in [4.69, 9.17) is 5.73 Å². The SMILES string of the molecule is Cc1cc(C)c(CN2CCCc3cc(N)ccc32)c(C)c1. The lowest BCUT2D eigenvalue weighted by atomic mass is 9.96. The Balaban J connectivity index is 1.94. The molecule has 2 N–H and O–H groups in total. The largest absolute Gasteiger partial charge is 0.399 e. The summed E-state index contributed by atoms with van der Waals surface area (Å²) in [6, 6.07) is 10.9. The molecule has 0 radical (unpaired) electrons. The van der Waals surface area contributed by atoms with Gasteiger partial charge in [-0.3, -0.25) is 0 Å². The van der Waals surface area contributed by atoms with Crippen molar-refractivity contribution in [1.29, 1.82) is 0 Å². The standard InChI is InChI=1S/C19H24N2/c1-13-9-14(2)18(15(3)10-13)12-21-8-4-5-16-11-17(20)6-7-19(16)21/h6-7,9-11H,4-5,8,12,20H2,1-3H3. The molecule has 0 aliphatic carbocycles. The molecule has 0 atom stereocenters. The van der Waals surface area contributed by atoms with Crippen LogP contribution in [0.3, 0.4) is 0 Å². The number of fused-ring (bicyclic) bond motifs is 1. The Bertz CT molecular complexity index is 650. The number of hydrogen-bond donors (Lipinski definition) is 1. The first-order chi connectivity index (χ1) is 10.0. The third-order valence-corrected chi connectivity index (χ3v) is 4.51. The molecule has 0 aromatic heterocycles. The van der Waals surface area contributed by atoms with Gasteiger partial charge in [-0.2, -0.15) is 0 Å². The summed E-state index contributed by atoms with van der Waals surface area (Å²) in [5.41, 5.74) is 15.2. The molecule has 2 aromatic carbocycles. The first-order valence-corrected chi connectivity index (χ1v) is 7.74. The van der Waals surface area contributed by atoms with E-state index in [1.807, 2.05) is 6.07 Å². The smallest absolute Gasteiger partial charge is 0.0434 e. The molecule has 1 aliphatic heterocycles. The molecule has 2 nitrogen and oxygen atoms in total. The Morgan fingerprint density at radius 3 is 2.48 bits per heavy atom. The molecule has 0 saturated heterocycles. The highest BCUT2D eigenvalue weighted by Crippen LogP contribution is 2.31. The van der Waals surface area contributed by atoms with Crippen molar-refractivity contribution in [3.05, 3.63) is 58.1 Å². The van der Waals surface area contributed by atoms with Gasteiger partial charge in [0, 0.05) is 24.5 Å². The number of nitrogens with two attached hydrogens (primary N) is 1. The molecule has 0 fully saturated rings. The molecule has 2 aromatic rings. The van der Waals surface area contributed by atoms with E-state index in [2.05, 4.69) is 49.9 Å². The van der Waals surface area contributed by atoms with Crippen LogP contribution in [0, 0.1) is 20.8 Å².